The zero-order valence-electron chi connectivity index (χ0n) is 13.0. The minimum absolute atomic E-state index is 0.568. The van der Waals surface area contributed by atoms with Crippen LogP contribution in [0.25, 0.3) is 0 Å². The average molecular weight is 369 g/mol. The lowest BCUT2D eigenvalue weighted by Crippen LogP contribution is -2.02. The predicted molar refractivity (Wildman–Crippen MR) is 98.7 cm³/mol. The number of nitrogens with zero attached hydrogens (tertiary/aromatic N) is 2. The Morgan fingerprint density at radius 2 is 1.57 bits per heavy atom. The minimum Gasteiger partial charge on any atom is -0.340 e. The van der Waals surface area contributed by atoms with Crippen molar-refractivity contribution < 1.29 is 0 Å². The molecule has 0 amide bonds. The van der Waals surface area contributed by atoms with Crippen LogP contribution in [0.2, 0.25) is 0 Å². The van der Waals surface area contributed by atoms with Gasteiger partial charge < -0.3 is 10.6 Å². The number of hydrogen-bond acceptors (Lipinski definition) is 4. The second-order valence-corrected chi connectivity index (χ2v) is 6.26. The van der Waals surface area contributed by atoms with E-state index in [1.807, 2.05) is 49.4 Å². The van der Waals surface area contributed by atoms with E-state index in [4.69, 9.17) is 0 Å². The molecule has 5 heteroatoms. The van der Waals surface area contributed by atoms with Gasteiger partial charge in [-0.15, -0.1) is 0 Å². The Bertz CT molecular complexity index is 767. The number of rotatable bonds is 4. The summed E-state index contributed by atoms with van der Waals surface area (Å²) in [5.74, 6) is 1.33. The Morgan fingerprint density at radius 1 is 0.826 bits per heavy atom. The van der Waals surface area contributed by atoms with E-state index in [1.165, 1.54) is 5.56 Å². The maximum atomic E-state index is 4.53. The highest BCUT2D eigenvalue weighted by Crippen LogP contribution is 2.21. The van der Waals surface area contributed by atoms with Crippen molar-refractivity contribution in [3.63, 3.8) is 0 Å². The first kappa shape index (κ1) is 15.5. The van der Waals surface area contributed by atoms with Gasteiger partial charge in [0.25, 0.3) is 0 Å². The van der Waals surface area contributed by atoms with Gasteiger partial charge >= 0.3 is 0 Å². The highest BCUT2D eigenvalue weighted by molar-refractivity contribution is 9.10. The van der Waals surface area contributed by atoms with E-state index in [1.54, 1.807) is 0 Å². The first-order chi connectivity index (χ1) is 11.1. The number of aryl methyl sites for hydroxylation is 2. The van der Waals surface area contributed by atoms with Crippen LogP contribution in [0, 0.1) is 13.8 Å². The maximum Gasteiger partial charge on any atom is 0.229 e. The van der Waals surface area contributed by atoms with Crippen LogP contribution in [0.4, 0.5) is 23.1 Å². The molecule has 0 saturated carbocycles. The average Bonchev–Trinajstić information content (AvgIpc) is 2.46. The maximum absolute atomic E-state index is 4.53. The molecule has 23 heavy (non-hydrogen) atoms. The van der Waals surface area contributed by atoms with Gasteiger partial charge in [-0.05, 0) is 49.7 Å². The highest BCUT2D eigenvalue weighted by atomic mass is 79.9. The summed E-state index contributed by atoms with van der Waals surface area (Å²) in [4.78, 5) is 8.98. The molecule has 0 unspecified atom stereocenters. The molecule has 0 aliphatic carbocycles. The number of nitrogens with one attached hydrogen (secondary N) is 2. The molecule has 0 saturated heterocycles. The number of halogens is 1. The van der Waals surface area contributed by atoms with Gasteiger partial charge in [-0.25, -0.2) is 4.98 Å². The third-order valence-corrected chi connectivity index (χ3v) is 3.72. The van der Waals surface area contributed by atoms with Crippen molar-refractivity contribution in [1.29, 1.82) is 0 Å². The second kappa shape index (κ2) is 6.79. The van der Waals surface area contributed by atoms with Crippen molar-refractivity contribution in [2.24, 2.45) is 0 Å². The van der Waals surface area contributed by atoms with E-state index in [0.29, 0.717) is 5.95 Å². The van der Waals surface area contributed by atoms with E-state index in [2.05, 4.69) is 55.6 Å². The van der Waals surface area contributed by atoms with Crippen LogP contribution >= 0.6 is 15.9 Å². The summed E-state index contributed by atoms with van der Waals surface area (Å²) in [5.41, 5.74) is 4.05. The van der Waals surface area contributed by atoms with Gasteiger partial charge in [0.2, 0.25) is 5.95 Å². The van der Waals surface area contributed by atoms with Gasteiger partial charge in [0.1, 0.15) is 5.82 Å². The minimum atomic E-state index is 0.568. The molecule has 1 heterocycles. The van der Waals surface area contributed by atoms with Crippen LogP contribution in [0.1, 0.15) is 11.3 Å². The highest BCUT2D eigenvalue weighted by Gasteiger charge is 2.04. The molecule has 116 valence electrons. The molecule has 2 aromatic carbocycles. The lowest BCUT2D eigenvalue weighted by Gasteiger charge is -2.10. The molecular formula is C18H17BrN4. The monoisotopic (exact) mass is 368 g/mol. The molecule has 0 bridgehead atoms. The number of anilines is 4. The molecule has 0 atom stereocenters. The van der Waals surface area contributed by atoms with Crippen molar-refractivity contribution >= 4 is 39.1 Å². The van der Waals surface area contributed by atoms with Crippen LogP contribution in [0.15, 0.2) is 59.1 Å². The molecule has 1 aromatic heterocycles. The van der Waals surface area contributed by atoms with Crippen molar-refractivity contribution in [1.82, 2.24) is 9.97 Å². The standard InChI is InChI=1S/C18H17BrN4/c1-12-5-3-7-15(9-12)21-17-10-13(2)20-18(23-17)22-16-8-4-6-14(19)11-16/h3-11H,1-2H3,(H2,20,21,22,23). The van der Waals surface area contributed by atoms with E-state index in [-0.39, 0.29) is 0 Å². The largest absolute Gasteiger partial charge is 0.340 e. The van der Waals surface area contributed by atoms with Gasteiger partial charge in [-0.2, -0.15) is 4.98 Å². The van der Waals surface area contributed by atoms with Crippen molar-refractivity contribution in [3.8, 4) is 0 Å². The zero-order valence-corrected chi connectivity index (χ0v) is 14.6. The Hall–Kier alpha value is -2.40. The summed E-state index contributed by atoms with van der Waals surface area (Å²) in [7, 11) is 0. The van der Waals surface area contributed by atoms with Crippen LogP contribution in [0.3, 0.4) is 0 Å². The summed E-state index contributed by atoms with van der Waals surface area (Å²) in [6.45, 7) is 4.02. The normalized spacial score (nSPS) is 10.4. The molecule has 2 N–H and O–H groups in total. The van der Waals surface area contributed by atoms with Gasteiger partial charge in [-0.3, -0.25) is 0 Å². The number of benzene rings is 2. The van der Waals surface area contributed by atoms with Crippen molar-refractivity contribution in [2.75, 3.05) is 10.6 Å². The topological polar surface area (TPSA) is 49.8 Å². The summed E-state index contributed by atoms with van der Waals surface area (Å²) >= 11 is 3.46. The molecule has 0 radical (unpaired) electrons. The zero-order chi connectivity index (χ0) is 16.2. The molecule has 0 spiro atoms. The van der Waals surface area contributed by atoms with Crippen LogP contribution in [-0.4, -0.2) is 9.97 Å². The second-order valence-electron chi connectivity index (χ2n) is 5.35. The van der Waals surface area contributed by atoms with E-state index in [0.717, 1.165) is 27.4 Å². The quantitative estimate of drug-likeness (QED) is 0.652. The Balaban J connectivity index is 1.84. The Morgan fingerprint density at radius 3 is 2.30 bits per heavy atom. The van der Waals surface area contributed by atoms with Crippen LogP contribution in [-0.2, 0) is 0 Å². The SMILES string of the molecule is Cc1cccc(Nc2cc(C)nc(Nc3cccc(Br)c3)n2)c1. The van der Waals surface area contributed by atoms with Crippen molar-refractivity contribution in [2.45, 2.75) is 13.8 Å². The fourth-order valence-corrected chi connectivity index (χ4v) is 2.65. The van der Waals surface area contributed by atoms with E-state index in [9.17, 15) is 0 Å². The van der Waals surface area contributed by atoms with Crippen LogP contribution < -0.4 is 10.6 Å². The number of hydrogen-bond donors (Lipinski definition) is 2. The molecule has 3 rings (SSSR count). The van der Waals surface area contributed by atoms with Crippen LogP contribution in [0.5, 0.6) is 0 Å². The van der Waals surface area contributed by atoms with E-state index >= 15 is 0 Å². The smallest absolute Gasteiger partial charge is 0.229 e. The number of aromatic nitrogens is 2. The molecular weight excluding hydrogens is 352 g/mol. The molecule has 0 fully saturated rings. The lowest BCUT2D eigenvalue weighted by atomic mass is 10.2. The summed E-state index contributed by atoms with van der Waals surface area (Å²) in [6.07, 6.45) is 0. The van der Waals surface area contributed by atoms with Gasteiger partial charge in [-0.1, -0.05) is 34.1 Å². The first-order valence-corrected chi connectivity index (χ1v) is 8.10. The van der Waals surface area contributed by atoms with E-state index < -0.39 is 0 Å². The van der Waals surface area contributed by atoms with Crippen molar-refractivity contribution in [3.05, 3.63) is 70.3 Å². The summed E-state index contributed by atoms with van der Waals surface area (Å²) < 4.78 is 1.01. The molecule has 4 nitrogen and oxygen atoms in total. The molecule has 3 aromatic rings. The molecule has 0 aliphatic rings. The summed E-state index contributed by atoms with van der Waals surface area (Å²) in [6, 6.07) is 18.0. The fraction of sp³-hybridized carbons (Fsp3) is 0.111. The van der Waals surface area contributed by atoms with Gasteiger partial charge in [0.15, 0.2) is 0 Å². The Kier molecular flexibility index (Phi) is 4.57. The fourth-order valence-electron chi connectivity index (χ4n) is 2.25. The molecule has 0 aliphatic heterocycles. The first-order valence-electron chi connectivity index (χ1n) is 7.30. The third-order valence-electron chi connectivity index (χ3n) is 3.23. The third kappa shape index (κ3) is 4.29. The Labute approximate surface area is 144 Å². The van der Waals surface area contributed by atoms with Gasteiger partial charge in [0, 0.05) is 27.6 Å². The summed E-state index contributed by atoms with van der Waals surface area (Å²) in [5, 5.41) is 6.55. The predicted octanol–water partition coefficient (Wildman–Crippen LogP) is 5.34. The van der Waals surface area contributed by atoms with Gasteiger partial charge in [0.05, 0.1) is 0 Å². The lowest BCUT2D eigenvalue weighted by molar-refractivity contribution is 1.11.